The van der Waals surface area contributed by atoms with Crippen LogP contribution in [0.5, 0.6) is 0 Å². The molecular weight excluding hydrogens is 264 g/mol. The number of guanidine groups is 1. The minimum atomic E-state index is 0.526. The standard InChI is InChI=1S/C16H34N4O/c1-5-16(8-6-9-16)14-19-15(17-2)18-10-7-11-20(3)12-13-21-4/h5-14H2,1-4H3,(H2,17,18,19). The molecule has 1 rings (SSSR count). The van der Waals surface area contributed by atoms with Crippen molar-refractivity contribution < 1.29 is 4.74 Å². The number of likely N-dealkylation sites (N-methyl/N-ethyl adjacent to an activating group) is 1. The van der Waals surface area contributed by atoms with Crippen molar-refractivity contribution in [1.29, 1.82) is 0 Å². The lowest BCUT2D eigenvalue weighted by Gasteiger charge is -2.41. The first-order valence-corrected chi connectivity index (χ1v) is 8.28. The molecule has 124 valence electrons. The zero-order valence-electron chi connectivity index (χ0n) is 14.4. The second kappa shape index (κ2) is 10.0. The molecule has 0 aliphatic heterocycles. The zero-order valence-corrected chi connectivity index (χ0v) is 14.4. The number of hydrogen-bond acceptors (Lipinski definition) is 3. The van der Waals surface area contributed by atoms with Crippen molar-refractivity contribution >= 4 is 5.96 Å². The first kappa shape index (κ1) is 18.2. The summed E-state index contributed by atoms with van der Waals surface area (Å²) in [5.74, 6) is 0.939. The van der Waals surface area contributed by atoms with E-state index in [2.05, 4.69) is 34.5 Å². The Bertz CT molecular complexity index is 297. The third-order valence-electron chi connectivity index (χ3n) is 4.70. The van der Waals surface area contributed by atoms with E-state index in [0.29, 0.717) is 5.41 Å². The Morgan fingerprint density at radius 3 is 2.57 bits per heavy atom. The van der Waals surface area contributed by atoms with E-state index in [-0.39, 0.29) is 0 Å². The van der Waals surface area contributed by atoms with Gasteiger partial charge in [0.15, 0.2) is 5.96 Å². The number of methoxy groups -OCH3 is 1. The van der Waals surface area contributed by atoms with Crippen molar-refractivity contribution in [1.82, 2.24) is 15.5 Å². The molecule has 2 N–H and O–H groups in total. The molecule has 1 saturated carbocycles. The lowest BCUT2D eigenvalue weighted by Crippen LogP contribution is -2.46. The third kappa shape index (κ3) is 6.66. The van der Waals surface area contributed by atoms with Gasteiger partial charge in [0.1, 0.15) is 0 Å². The van der Waals surface area contributed by atoms with Gasteiger partial charge in [-0.1, -0.05) is 13.3 Å². The lowest BCUT2D eigenvalue weighted by molar-refractivity contribution is 0.131. The molecule has 21 heavy (non-hydrogen) atoms. The Labute approximate surface area is 130 Å². The fraction of sp³-hybridized carbons (Fsp3) is 0.938. The van der Waals surface area contributed by atoms with Crippen LogP contribution in [0.1, 0.15) is 39.0 Å². The molecule has 0 spiro atoms. The molecule has 0 amide bonds. The smallest absolute Gasteiger partial charge is 0.190 e. The molecule has 0 aromatic rings. The maximum atomic E-state index is 5.08. The van der Waals surface area contributed by atoms with E-state index in [1.807, 2.05) is 7.05 Å². The highest BCUT2D eigenvalue weighted by atomic mass is 16.5. The van der Waals surface area contributed by atoms with Crippen molar-refractivity contribution in [3.63, 3.8) is 0 Å². The Hall–Kier alpha value is -0.810. The number of nitrogens with one attached hydrogen (secondary N) is 2. The Kier molecular flexibility index (Phi) is 8.69. The average Bonchev–Trinajstić information content (AvgIpc) is 2.46. The van der Waals surface area contributed by atoms with Crippen LogP contribution in [0.4, 0.5) is 0 Å². The molecule has 1 fully saturated rings. The van der Waals surface area contributed by atoms with Crippen molar-refractivity contribution in [3.8, 4) is 0 Å². The van der Waals surface area contributed by atoms with Gasteiger partial charge in [-0.25, -0.2) is 0 Å². The van der Waals surface area contributed by atoms with Crippen molar-refractivity contribution in [2.45, 2.75) is 39.0 Å². The average molecular weight is 298 g/mol. The van der Waals surface area contributed by atoms with Gasteiger partial charge in [0.2, 0.25) is 0 Å². The summed E-state index contributed by atoms with van der Waals surface area (Å²) in [6.45, 7) is 7.17. The summed E-state index contributed by atoms with van der Waals surface area (Å²) < 4.78 is 5.08. The van der Waals surface area contributed by atoms with Crippen LogP contribution >= 0.6 is 0 Å². The minimum absolute atomic E-state index is 0.526. The third-order valence-corrected chi connectivity index (χ3v) is 4.70. The quantitative estimate of drug-likeness (QED) is 0.366. The predicted molar refractivity (Wildman–Crippen MR) is 89.9 cm³/mol. The summed E-state index contributed by atoms with van der Waals surface area (Å²) in [6.07, 6.45) is 6.48. The predicted octanol–water partition coefficient (Wildman–Crippen LogP) is 1.70. The molecule has 1 aliphatic carbocycles. The highest BCUT2D eigenvalue weighted by Gasteiger charge is 2.34. The molecule has 0 atom stereocenters. The van der Waals surface area contributed by atoms with E-state index in [1.54, 1.807) is 7.11 Å². The lowest BCUT2D eigenvalue weighted by atomic mass is 9.67. The van der Waals surface area contributed by atoms with Crippen LogP contribution in [0.3, 0.4) is 0 Å². The van der Waals surface area contributed by atoms with Crippen molar-refractivity contribution in [3.05, 3.63) is 0 Å². The molecule has 0 aromatic heterocycles. The zero-order chi connectivity index (χ0) is 15.6. The summed E-state index contributed by atoms with van der Waals surface area (Å²) in [7, 11) is 5.73. The maximum absolute atomic E-state index is 5.08. The Morgan fingerprint density at radius 1 is 1.29 bits per heavy atom. The first-order chi connectivity index (χ1) is 10.2. The normalized spacial score (nSPS) is 17.7. The second-order valence-corrected chi connectivity index (χ2v) is 6.21. The van der Waals surface area contributed by atoms with Crippen molar-refractivity contribution in [2.24, 2.45) is 10.4 Å². The number of hydrogen-bond donors (Lipinski definition) is 2. The van der Waals surface area contributed by atoms with Crippen LogP contribution < -0.4 is 10.6 Å². The molecule has 0 heterocycles. The number of aliphatic imine (C=N–C) groups is 1. The highest BCUT2D eigenvalue weighted by Crippen LogP contribution is 2.42. The van der Waals surface area contributed by atoms with Gasteiger partial charge in [-0.05, 0) is 44.7 Å². The summed E-state index contributed by atoms with van der Waals surface area (Å²) in [6, 6.07) is 0. The first-order valence-electron chi connectivity index (χ1n) is 8.28. The molecule has 5 nitrogen and oxygen atoms in total. The maximum Gasteiger partial charge on any atom is 0.190 e. The van der Waals surface area contributed by atoms with E-state index >= 15 is 0 Å². The van der Waals surface area contributed by atoms with Gasteiger partial charge < -0.3 is 20.3 Å². The van der Waals surface area contributed by atoms with E-state index in [1.165, 1.54) is 25.7 Å². The van der Waals surface area contributed by atoms with Crippen LogP contribution in [0, 0.1) is 5.41 Å². The van der Waals surface area contributed by atoms with Crippen molar-refractivity contribution in [2.75, 3.05) is 54.0 Å². The van der Waals surface area contributed by atoms with E-state index in [4.69, 9.17) is 4.74 Å². The molecule has 0 radical (unpaired) electrons. The number of rotatable bonds is 10. The summed E-state index contributed by atoms with van der Waals surface area (Å²) in [5.41, 5.74) is 0.526. The van der Waals surface area contributed by atoms with Gasteiger partial charge in [-0.3, -0.25) is 4.99 Å². The largest absolute Gasteiger partial charge is 0.383 e. The molecule has 5 heteroatoms. The SMILES string of the molecule is CCC1(CNC(=NC)NCCCN(C)CCOC)CCC1. The molecule has 1 aliphatic rings. The number of nitrogens with zero attached hydrogens (tertiary/aromatic N) is 2. The Balaban J connectivity index is 2.11. The molecule has 0 saturated heterocycles. The molecule has 0 unspecified atom stereocenters. The van der Waals surface area contributed by atoms with Gasteiger partial charge in [0.05, 0.1) is 6.61 Å². The van der Waals surface area contributed by atoms with Crippen LogP contribution in [-0.4, -0.2) is 64.9 Å². The van der Waals surface area contributed by atoms with E-state index in [0.717, 1.165) is 45.2 Å². The summed E-state index contributed by atoms with van der Waals surface area (Å²) in [4.78, 5) is 6.60. The summed E-state index contributed by atoms with van der Waals surface area (Å²) in [5, 5.41) is 6.90. The van der Waals surface area contributed by atoms with Crippen LogP contribution in [0.25, 0.3) is 0 Å². The fourth-order valence-corrected chi connectivity index (χ4v) is 2.74. The Morgan fingerprint density at radius 2 is 2.05 bits per heavy atom. The highest BCUT2D eigenvalue weighted by molar-refractivity contribution is 5.79. The van der Waals surface area contributed by atoms with Gasteiger partial charge in [0.25, 0.3) is 0 Å². The monoisotopic (exact) mass is 298 g/mol. The van der Waals surface area contributed by atoms with Gasteiger partial charge in [-0.15, -0.1) is 0 Å². The van der Waals surface area contributed by atoms with E-state index in [9.17, 15) is 0 Å². The van der Waals surface area contributed by atoms with E-state index < -0.39 is 0 Å². The molecular formula is C16H34N4O. The summed E-state index contributed by atoms with van der Waals surface area (Å²) >= 11 is 0. The van der Waals surface area contributed by atoms with Crippen LogP contribution in [0.2, 0.25) is 0 Å². The fourth-order valence-electron chi connectivity index (χ4n) is 2.74. The second-order valence-electron chi connectivity index (χ2n) is 6.21. The molecule has 0 bridgehead atoms. The topological polar surface area (TPSA) is 48.9 Å². The van der Waals surface area contributed by atoms with Crippen LogP contribution in [-0.2, 0) is 4.74 Å². The van der Waals surface area contributed by atoms with Gasteiger partial charge in [-0.2, -0.15) is 0 Å². The van der Waals surface area contributed by atoms with Gasteiger partial charge in [0, 0.05) is 33.8 Å². The van der Waals surface area contributed by atoms with Gasteiger partial charge >= 0.3 is 0 Å². The molecule has 0 aromatic carbocycles. The van der Waals surface area contributed by atoms with Crippen LogP contribution in [0.15, 0.2) is 4.99 Å². The minimum Gasteiger partial charge on any atom is -0.383 e. The number of ether oxygens (including phenoxy) is 1.